The zero-order valence-electron chi connectivity index (χ0n) is 12.0. The first-order chi connectivity index (χ1) is 10.1. The second-order valence-corrected chi connectivity index (χ2v) is 6.20. The van der Waals surface area contributed by atoms with Gasteiger partial charge in [0.25, 0.3) is 0 Å². The summed E-state index contributed by atoms with van der Waals surface area (Å²) in [6.07, 6.45) is 4.05. The van der Waals surface area contributed by atoms with Crippen molar-refractivity contribution in [2.45, 2.75) is 38.5 Å². The molecule has 21 heavy (non-hydrogen) atoms. The Morgan fingerprint density at radius 3 is 2.38 bits per heavy atom. The van der Waals surface area contributed by atoms with Crippen molar-refractivity contribution in [3.8, 4) is 0 Å². The minimum absolute atomic E-state index is 0.0432. The van der Waals surface area contributed by atoms with Crippen molar-refractivity contribution in [3.05, 3.63) is 0 Å². The minimum atomic E-state index is -0.520. The molecule has 3 rings (SSSR count). The summed E-state index contributed by atoms with van der Waals surface area (Å²) in [4.78, 5) is 51.1. The molecule has 0 spiro atoms. The Hall–Kier alpha value is -1.72. The van der Waals surface area contributed by atoms with E-state index in [1.54, 1.807) is 4.90 Å². The summed E-state index contributed by atoms with van der Waals surface area (Å²) < 4.78 is 0. The van der Waals surface area contributed by atoms with E-state index in [-0.39, 0.29) is 42.4 Å². The molecule has 0 bridgehead atoms. The van der Waals surface area contributed by atoms with Crippen molar-refractivity contribution in [2.75, 3.05) is 19.6 Å². The number of piperidine rings is 1. The van der Waals surface area contributed by atoms with Gasteiger partial charge < -0.3 is 4.90 Å². The average molecular weight is 292 g/mol. The van der Waals surface area contributed by atoms with E-state index < -0.39 is 5.92 Å². The van der Waals surface area contributed by atoms with E-state index >= 15 is 0 Å². The standard InChI is InChI=1S/C15H20N2O4/c18-10-4-5-11-12(8-10)15(21)17(14(11)20)9-13(19)16-6-2-1-3-7-16/h11-12H,1-9H2. The predicted molar refractivity (Wildman–Crippen MR) is 73.0 cm³/mol. The topological polar surface area (TPSA) is 74.8 Å². The number of amides is 3. The van der Waals surface area contributed by atoms with E-state index in [4.69, 9.17) is 0 Å². The largest absolute Gasteiger partial charge is 0.341 e. The molecule has 2 saturated heterocycles. The van der Waals surface area contributed by atoms with Gasteiger partial charge in [0.05, 0.1) is 11.8 Å². The van der Waals surface area contributed by atoms with Crippen molar-refractivity contribution in [3.63, 3.8) is 0 Å². The van der Waals surface area contributed by atoms with Crippen LogP contribution in [0.15, 0.2) is 0 Å². The summed E-state index contributed by atoms with van der Waals surface area (Å²) in [5.41, 5.74) is 0. The number of rotatable bonds is 2. The van der Waals surface area contributed by atoms with E-state index in [1.807, 2.05) is 0 Å². The molecule has 1 saturated carbocycles. The van der Waals surface area contributed by atoms with Gasteiger partial charge >= 0.3 is 0 Å². The summed E-state index contributed by atoms with van der Waals surface area (Å²) >= 11 is 0. The number of fused-ring (bicyclic) bond motifs is 1. The maximum Gasteiger partial charge on any atom is 0.242 e. The Balaban J connectivity index is 1.67. The molecular weight excluding hydrogens is 272 g/mol. The van der Waals surface area contributed by atoms with Crippen LogP contribution in [0.2, 0.25) is 0 Å². The van der Waals surface area contributed by atoms with Crippen molar-refractivity contribution in [2.24, 2.45) is 11.8 Å². The monoisotopic (exact) mass is 292 g/mol. The molecule has 2 unspecified atom stereocenters. The molecule has 0 radical (unpaired) electrons. The minimum Gasteiger partial charge on any atom is -0.341 e. The normalized spacial score (nSPS) is 29.8. The van der Waals surface area contributed by atoms with Gasteiger partial charge in [-0.25, -0.2) is 0 Å². The number of imide groups is 1. The van der Waals surface area contributed by atoms with E-state index in [0.717, 1.165) is 24.2 Å². The third kappa shape index (κ3) is 2.59. The van der Waals surface area contributed by atoms with E-state index in [0.29, 0.717) is 25.9 Å². The Bertz CT molecular complexity index is 496. The highest BCUT2D eigenvalue weighted by molar-refractivity contribution is 6.09. The highest BCUT2D eigenvalue weighted by atomic mass is 16.2. The lowest BCUT2D eigenvalue weighted by Gasteiger charge is -2.28. The molecule has 2 heterocycles. The van der Waals surface area contributed by atoms with Crippen molar-refractivity contribution in [1.82, 2.24) is 9.80 Å². The maximum atomic E-state index is 12.3. The van der Waals surface area contributed by atoms with Gasteiger partial charge in [0, 0.05) is 25.9 Å². The molecule has 1 aliphatic carbocycles. The van der Waals surface area contributed by atoms with Crippen molar-refractivity contribution >= 4 is 23.5 Å². The molecule has 114 valence electrons. The van der Waals surface area contributed by atoms with Gasteiger partial charge in [-0.3, -0.25) is 24.1 Å². The van der Waals surface area contributed by atoms with Crippen molar-refractivity contribution in [1.29, 1.82) is 0 Å². The van der Waals surface area contributed by atoms with Crippen LogP contribution < -0.4 is 0 Å². The molecule has 0 aromatic carbocycles. The molecule has 2 atom stereocenters. The molecule has 0 aromatic rings. The number of likely N-dealkylation sites (tertiary alicyclic amines) is 2. The molecule has 6 nitrogen and oxygen atoms in total. The number of hydrogen-bond acceptors (Lipinski definition) is 4. The molecule has 3 aliphatic rings. The number of carbonyl (C=O) groups is 4. The zero-order valence-corrected chi connectivity index (χ0v) is 12.0. The van der Waals surface area contributed by atoms with Gasteiger partial charge in [-0.2, -0.15) is 0 Å². The van der Waals surface area contributed by atoms with Gasteiger partial charge in [-0.15, -0.1) is 0 Å². The smallest absolute Gasteiger partial charge is 0.242 e. The highest BCUT2D eigenvalue weighted by Crippen LogP contribution is 2.36. The summed E-state index contributed by atoms with van der Waals surface area (Å²) in [6, 6.07) is 0. The average Bonchev–Trinajstić information content (AvgIpc) is 2.73. The lowest BCUT2D eigenvalue weighted by molar-refractivity contribution is -0.147. The highest BCUT2D eigenvalue weighted by Gasteiger charge is 2.50. The summed E-state index contributed by atoms with van der Waals surface area (Å²) in [5.74, 6) is -1.61. The van der Waals surface area contributed by atoms with Gasteiger partial charge in [0.1, 0.15) is 12.3 Å². The fourth-order valence-electron chi connectivity index (χ4n) is 3.61. The van der Waals surface area contributed by atoms with Crippen LogP contribution in [0.3, 0.4) is 0 Å². The van der Waals surface area contributed by atoms with Crippen LogP contribution in [-0.2, 0) is 19.2 Å². The Morgan fingerprint density at radius 2 is 1.67 bits per heavy atom. The number of nitrogens with zero attached hydrogens (tertiary/aromatic N) is 2. The Labute approximate surface area is 123 Å². The van der Waals surface area contributed by atoms with Crippen LogP contribution in [0.1, 0.15) is 38.5 Å². The van der Waals surface area contributed by atoms with Crippen LogP contribution >= 0.6 is 0 Å². The summed E-state index contributed by atoms with van der Waals surface area (Å²) in [7, 11) is 0. The van der Waals surface area contributed by atoms with E-state index in [2.05, 4.69) is 0 Å². The van der Waals surface area contributed by atoms with Crippen molar-refractivity contribution < 1.29 is 19.2 Å². The summed E-state index contributed by atoms with van der Waals surface area (Å²) in [6.45, 7) is 1.26. The fraction of sp³-hybridized carbons (Fsp3) is 0.733. The first kappa shape index (κ1) is 14.2. The molecule has 2 aliphatic heterocycles. The summed E-state index contributed by atoms with van der Waals surface area (Å²) in [5, 5.41) is 0. The second-order valence-electron chi connectivity index (χ2n) is 6.20. The lowest BCUT2D eigenvalue weighted by Crippen LogP contribution is -2.44. The first-order valence-electron chi connectivity index (χ1n) is 7.72. The Morgan fingerprint density at radius 1 is 1.00 bits per heavy atom. The van der Waals surface area contributed by atoms with Crippen LogP contribution in [0.5, 0.6) is 0 Å². The maximum absolute atomic E-state index is 12.3. The van der Waals surface area contributed by atoms with Gasteiger partial charge in [0.2, 0.25) is 17.7 Å². The van der Waals surface area contributed by atoms with Crippen LogP contribution in [0.25, 0.3) is 0 Å². The van der Waals surface area contributed by atoms with E-state index in [1.165, 1.54) is 0 Å². The molecular formula is C15H20N2O4. The van der Waals surface area contributed by atoms with Crippen LogP contribution in [0, 0.1) is 11.8 Å². The molecule has 3 fully saturated rings. The molecule has 3 amide bonds. The van der Waals surface area contributed by atoms with Crippen LogP contribution in [0.4, 0.5) is 0 Å². The third-order valence-corrected chi connectivity index (χ3v) is 4.84. The quantitative estimate of drug-likeness (QED) is 0.688. The number of carbonyl (C=O) groups excluding carboxylic acids is 4. The third-order valence-electron chi connectivity index (χ3n) is 4.84. The fourth-order valence-corrected chi connectivity index (χ4v) is 3.61. The number of ketones is 1. The number of hydrogen-bond donors (Lipinski definition) is 0. The predicted octanol–water partition coefficient (Wildman–Crippen LogP) is 0.353. The zero-order chi connectivity index (χ0) is 15.0. The molecule has 6 heteroatoms. The lowest BCUT2D eigenvalue weighted by atomic mass is 9.80. The van der Waals surface area contributed by atoms with Crippen LogP contribution in [-0.4, -0.2) is 52.9 Å². The Kier molecular flexibility index (Phi) is 3.78. The van der Waals surface area contributed by atoms with E-state index in [9.17, 15) is 19.2 Å². The van der Waals surface area contributed by atoms with Gasteiger partial charge in [-0.1, -0.05) is 0 Å². The van der Waals surface area contributed by atoms with Gasteiger partial charge in [0.15, 0.2) is 0 Å². The van der Waals surface area contributed by atoms with Gasteiger partial charge in [-0.05, 0) is 25.7 Å². The first-order valence-corrected chi connectivity index (χ1v) is 7.72. The molecule has 0 N–H and O–H groups in total. The number of Topliss-reactive ketones (excluding diaryl/α,β-unsaturated/α-hetero) is 1. The molecule has 0 aromatic heterocycles. The SMILES string of the molecule is O=C1CCC2C(=O)N(CC(=O)N3CCCCC3)C(=O)C2C1. The second kappa shape index (κ2) is 5.58.